The topological polar surface area (TPSA) is 84.5 Å². The molecule has 1 aliphatic rings. The maximum atomic E-state index is 12.8. The number of nitrogens with zero attached hydrogens (tertiary/aromatic N) is 5. The number of carbonyl (C=O) groups is 2. The number of likely N-dealkylation sites (N-methyl/N-ethyl adjacent to an activating group) is 1. The van der Waals surface area contributed by atoms with Crippen molar-refractivity contribution in [3.05, 3.63) is 48.1 Å². The highest BCUT2D eigenvalue weighted by Crippen LogP contribution is 2.18. The molecule has 140 valence electrons. The molecule has 27 heavy (non-hydrogen) atoms. The molecule has 0 N–H and O–H groups in total. The highest BCUT2D eigenvalue weighted by molar-refractivity contribution is 5.96. The Balaban J connectivity index is 1.51. The lowest BCUT2D eigenvalue weighted by Gasteiger charge is -2.38. The summed E-state index contributed by atoms with van der Waals surface area (Å²) >= 11 is 0. The third-order valence-corrected chi connectivity index (χ3v) is 5.02. The molecule has 2 aromatic heterocycles. The minimum absolute atomic E-state index is 0.0364. The van der Waals surface area contributed by atoms with Gasteiger partial charge in [-0.15, -0.1) is 0 Å². The minimum atomic E-state index is -0.496. The van der Waals surface area contributed by atoms with Gasteiger partial charge in [0.15, 0.2) is 11.5 Å². The highest BCUT2D eigenvalue weighted by atomic mass is 16.5. The summed E-state index contributed by atoms with van der Waals surface area (Å²) in [6.07, 6.45) is 1.74. The molecule has 0 unspecified atom stereocenters. The van der Waals surface area contributed by atoms with Crippen LogP contribution < -0.4 is 0 Å². The summed E-state index contributed by atoms with van der Waals surface area (Å²) in [4.78, 5) is 32.8. The number of aromatic nitrogens is 3. The third-order valence-electron chi connectivity index (χ3n) is 5.02. The summed E-state index contributed by atoms with van der Waals surface area (Å²) in [5, 5.41) is 3.93. The maximum absolute atomic E-state index is 12.8. The van der Waals surface area contributed by atoms with Gasteiger partial charge in [0.25, 0.3) is 5.91 Å². The summed E-state index contributed by atoms with van der Waals surface area (Å²) in [7, 11) is 0. The van der Waals surface area contributed by atoms with Gasteiger partial charge in [0.1, 0.15) is 6.04 Å². The molecule has 0 aliphatic carbocycles. The van der Waals surface area contributed by atoms with Crippen LogP contribution in [0.25, 0.3) is 11.0 Å². The summed E-state index contributed by atoms with van der Waals surface area (Å²) in [5.74, 6) is 0.246. The fourth-order valence-corrected chi connectivity index (χ4v) is 3.46. The van der Waals surface area contributed by atoms with Crippen molar-refractivity contribution >= 4 is 22.8 Å². The molecule has 1 aromatic carbocycles. The summed E-state index contributed by atoms with van der Waals surface area (Å²) in [6, 6.07) is 8.95. The number of hydrogen-bond acceptors (Lipinski definition) is 5. The van der Waals surface area contributed by atoms with Gasteiger partial charge in [-0.2, -0.15) is 0 Å². The Labute approximate surface area is 156 Å². The van der Waals surface area contributed by atoms with Gasteiger partial charge in [0, 0.05) is 25.7 Å². The molecule has 2 amide bonds. The van der Waals surface area contributed by atoms with E-state index in [2.05, 4.69) is 10.1 Å². The summed E-state index contributed by atoms with van der Waals surface area (Å²) < 4.78 is 7.30. The Bertz CT molecular complexity index is 992. The Morgan fingerprint density at radius 3 is 2.93 bits per heavy atom. The first kappa shape index (κ1) is 17.3. The number of benzene rings is 1. The SMILES string of the molecule is CCN1CCN(C(=O)c2cc(Cn3cnc4ccccc43)on2)[C@H](C)C1=O. The van der Waals surface area contributed by atoms with Crippen LogP contribution in [0.4, 0.5) is 0 Å². The molecule has 0 bridgehead atoms. The molecule has 1 fully saturated rings. The van der Waals surface area contributed by atoms with E-state index in [4.69, 9.17) is 4.52 Å². The van der Waals surface area contributed by atoms with Crippen molar-refractivity contribution < 1.29 is 14.1 Å². The average molecular weight is 367 g/mol. The van der Waals surface area contributed by atoms with E-state index in [1.54, 1.807) is 29.1 Å². The van der Waals surface area contributed by atoms with Crippen LogP contribution in [0.2, 0.25) is 0 Å². The van der Waals surface area contributed by atoms with E-state index in [0.29, 0.717) is 31.9 Å². The number of para-hydroxylation sites is 2. The molecular weight excluding hydrogens is 346 g/mol. The molecule has 1 saturated heterocycles. The number of fused-ring (bicyclic) bond motifs is 1. The number of carbonyl (C=O) groups excluding carboxylic acids is 2. The van der Waals surface area contributed by atoms with E-state index in [9.17, 15) is 9.59 Å². The Morgan fingerprint density at radius 1 is 1.30 bits per heavy atom. The number of imidazole rings is 1. The molecule has 3 heterocycles. The molecule has 0 spiro atoms. The second-order valence-corrected chi connectivity index (χ2v) is 6.63. The van der Waals surface area contributed by atoms with Gasteiger partial charge in [-0.3, -0.25) is 9.59 Å². The van der Waals surface area contributed by atoms with E-state index in [1.165, 1.54) is 0 Å². The van der Waals surface area contributed by atoms with E-state index in [0.717, 1.165) is 11.0 Å². The number of hydrogen-bond donors (Lipinski definition) is 0. The van der Waals surface area contributed by atoms with Crippen molar-refractivity contribution in [3.8, 4) is 0 Å². The van der Waals surface area contributed by atoms with Gasteiger partial charge in [0.05, 0.1) is 23.9 Å². The fraction of sp³-hybridized carbons (Fsp3) is 0.368. The second kappa shape index (κ2) is 6.86. The van der Waals surface area contributed by atoms with Crippen LogP contribution in [0.5, 0.6) is 0 Å². The predicted octanol–water partition coefficient (Wildman–Crippen LogP) is 1.77. The van der Waals surface area contributed by atoms with Gasteiger partial charge in [-0.25, -0.2) is 4.98 Å². The van der Waals surface area contributed by atoms with Crippen LogP contribution in [-0.4, -0.2) is 62.0 Å². The van der Waals surface area contributed by atoms with Crippen molar-refractivity contribution in [3.63, 3.8) is 0 Å². The lowest BCUT2D eigenvalue weighted by atomic mass is 10.1. The van der Waals surface area contributed by atoms with Crippen LogP contribution in [0.15, 0.2) is 41.2 Å². The second-order valence-electron chi connectivity index (χ2n) is 6.63. The quantitative estimate of drug-likeness (QED) is 0.702. The molecule has 0 saturated carbocycles. The first-order valence-corrected chi connectivity index (χ1v) is 9.03. The minimum Gasteiger partial charge on any atom is -0.359 e. The Hall–Kier alpha value is -3.16. The van der Waals surface area contributed by atoms with Crippen LogP contribution in [0, 0.1) is 0 Å². The van der Waals surface area contributed by atoms with E-state index < -0.39 is 6.04 Å². The van der Waals surface area contributed by atoms with E-state index >= 15 is 0 Å². The monoisotopic (exact) mass is 367 g/mol. The number of amides is 2. The Morgan fingerprint density at radius 2 is 2.11 bits per heavy atom. The average Bonchev–Trinajstić information content (AvgIpc) is 3.31. The van der Waals surface area contributed by atoms with Gasteiger partial charge >= 0.3 is 0 Å². The van der Waals surface area contributed by atoms with Gasteiger partial charge in [0.2, 0.25) is 5.91 Å². The first-order chi connectivity index (χ1) is 13.1. The smallest absolute Gasteiger partial charge is 0.276 e. The molecule has 1 atom stereocenters. The van der Waals surface area contributed by atoms with E-state index in [1.807, 2.05) is 35.8 Å². The lowest BCUT2D eigenvalue weighted by molar-refractivity contribution is -0.139. The molecule has 8 nitrogen and oxygen atoms in total. The van der Waals surface area contributed by atoms with Crippen molar-refractivity contribution in [2.75, 3.05) is 19.6 Å². The predicted molar refractivity (Wildman–Crippen MR) is 98.1 cm³/mol. The Kier molecular flexibility index (Phi) is 4.39. The van der Waals surface area contributed by atoms with Crippen LogP contribution in [0.1, 0.15) is 30.1 Å². The maximum Gasteiger partial charge on any atom is 0.276 e. The zero-order valence-electron chi connectivity index (χ0n) is 15.3. The molecule has 8 heteroatoms. The van der Waals surface area contributed by atoms with Crippen LogP contribution in [0.3, 0.4) is 0 Å². The molecule has 3 aromatic rings. The largest absolute Gasteiger partial charge is 0.359 e. The van der Waals surface area contributed by atoms with E-state index in [-0.39, 0.29) is 17.5 Å². The number of rotatable bonds is 4. The molecule has 1 aliphatic heterocycles. The molecule has 0 radical (unpaired) electrons. The van der Waals surface area contributed by atoms with Gasteiger partial charge < -0.3 is 18.9 Å². The van der Waals surface area contributed by atoms with Crippen molar-refractivity contribution in [1.29, 1.82) is 0 Å². The van der Waals surface area contributed by atoms with Crippen molar-refractivity contribution in [2.24, 2.45) is 0 Å². The van der Waals surface area contributed by atoms with Gasteiger partial charge in [-0.1, -0.05) is 17.3 Å². The summed E-state index contributed by atoms with van der Waals surface area (Å²) in [5.41, 5.74) is 2.10. The highest BCUT2D eigenvalue weighted by Gasteiger charge is 2.35. The van der Waals surface area contributed by atoms with Crippen molar-refractivity contribution in [1.82, 2.24) is 24.5 Å². The fourth-order valence-electron chi connectivity index (χ4n) is 3.46. The van der Waals surface area contributed by atoms with Crippen LogP contribution in [-0.2, 0) is 11.3 Å². The van der Waals surface area contributed by atoms with Crippen LogP contribution >= 0.6 is 0 Å². The van der Waals surface area contributed by atoms with Crippen molar-refractivity contribution in [2.45, 2.75) is 26.4 Å². The lowest BCUT2D eigenvalue weighted by Crippen LogP contribution is -2.57. The van der Waals surface area contributed by atoms with Gasteiger partial charge in [-0.05, 0) is 26.0 Å². The number of piperazine rings is 1. The molecule has 4 rings (SSSR count). The molecular formula is C19H21N5O3. The zero-order valence-corrected chi connectivity index (χ0v) is 15.3. The zero-order chi connectivity index (χ0) is 19.0. The summed E-state index contributed by atoms with van der Waals surface area (Å²) in [6.45, 7) is 5.80. The standard InChI is InChI=1S/C19H21N5O3/c1-3-22-8-9-24(13(2)18(22)25)19(26)16-10-14(27-21-16)11-23-12-20-15-6-4-5-7-17(15)23/h4-7,10,12-13H,3,8-9,11H2,1-2H3/t13-/m1/s1. The first-order valence-electron chi connectivity index (χ1n) is 9.03. The normalized spacial score (nSPS) is 17.7. The third kappa shape index (κ3) is 3.07.